The summed E-state index contributed by atoms with van der Waals surface area (Å²) in [6.45, 7) is 1.23. The maximum atomic E-state index is 12.2. The van der Waals surface area contributed by atoms with Gasteiger partial charge in [0.05, 0.1) is 23.9 Å². The monoisotopic (exact) mass is 278 g/mol. The van der Waals surface area contributed by atoms with Gasteiger partial charge in [-0.05, 0) is 25.0 Å². The Morgan fingerprint density at radius 2 is 2.15 bits per heavy atom. The molecule has 1 atom stereocenters. The van der Waals surface area contributed by atoms with Crippen LogP contribution < -0.4 is 10.2 Å². The number of para-hydroxylation sites is 1. The first-order valence-corrected chi connectivity index (χ1v) is 6.54. The van der Waals surface area contributed by atoms with Gasteiger partial charge in [0.2, 0.25) is 0 Å². The van der Waals surface area contributed by atoms with Crippen molar-refractivity contribution in [3.8, 4) is 0 Å². The SMILES string of the molecule is CN(C(=O)NC1CCCOC1)c1ccccc1C(=O)O. The molecule has 0 aromatic heterocycles. The molecule has 2 N–H and O–H groups in total. The Kier molecular flexibility index (Phi) is 4.57. The number of nitrogens with zero attached hydrogens (tertiary/aromatic N) is 1. The van der Waals surface area contributed by atoms with E-state index in [1.54, 1.807) is 25.2 Å². The van der Waals surface area contributed by atoms with Gasteiger partial charge >= 0.3 is 12.0 Å². The molecule has 1 aliphatic rings. The number of carbonyl (C=O) groups is 2. The number of amides is 2. The Bertz CT molecular complexity index is 498. The van der Waals surface area contributed by atoms with E-state index in [1.165, 1.54) is 11.0 Å². The minimum Gasteiger partial charge on any atom is -0.478 e. The number of anilines is 1. The molecule has 1 heterocycles. The predicted molar refractivity (Wildman–Crippen MR) is 74.2 cm³/mol. The van der Waals surface area contributed by atoms with E-state index < -0.39 is 5.97 Å². The smallest absolute Gasteiger partial charge is 0.337 e. The van der Waals surface area contributed by atoms with E-state index in [0.717, 1.165) is 19.4 Å². The van der Waals surface area contributed by atoms with Gasteiger partial charge in [-0.15, -0.1) is 0 Å². The minimum atomic E-state index is -1.05. The highest BCUT2D eigenvalue weighted by Gasteiger charge is 2.21. The third kappa shape index (κ3) is 3.27. The zero-order chi connectivity index (χ0) is 14.5. The van der Waals surface area contributed by atoms with Crippen LogP contribution in [0.2, 0.25) is 0 Å². The zero-order valence-corrected chi connectivity index (χ0v) is 11.3. The molecular weight excluding hydrogens is 260 g/mol. The van der Waals surface area contributed by atoms with Crippen LogP contribution in [0.3, 0.4) is 0 Å². The van der Waals surface area contributed by atoms with Gasteiger partial charge in [0.1, 0.15) is 0 Å². The average Bonchev–Trinajstić information content (AvgIpc) is 2.47. The van der Waals surface area contributed by atoms with E-state index in [9.17, 15) is 9.59 Å². The fraction of sp³-hybridized carbons (Fsp3) is 0.429. The summed E-state index contributed by atoms with van der Waals surface area (Å²) in [5, 5.41) is 12.0. The maximum Gasteiger partial charge on any atom is 0.337 e. The van der Waals surface area contributed by atoms with Crippen molar-refractivity contribution in [1.29, 1.82) is 0 Å². The van der Waals surface area contributed by atoms with Crippen LogP contribution in [-0.2, 0) is 4.74 Å². The van der Waals surface area contributed by atoms with Gasteiger partial charge in [0, 0.05) is 13.7 Å². The second-order valence-electron chi connectivity index (χ2n) is 4.74. The molecule has 0 saturated carbocycles. The first-order chi connectivity index (χ1) is 9.59. The van der Waals surface area contributed by atoms with Crippen LogP contribution in [0.15, 0.2) is 24.3 Å². The van der Waals surface area contributed by atoms with Crippen molar-refractivity contribution in [2.24, 2.45) is 0 Å². The molecule has 20 heavy (non-hydrogen) atoms. The lowest BCUT2D eigenvalue weighted by Crippen LogP contribution is -2.46. The van der Waals surface area contributed by atoms with Crippen LogP contribution in [0.25, 0.3) is 0 Å². The summed E-state index contributed by atoms with van der Waals surface area (Å²) < 4.78 is 5.30. The third-order valence-electron chi connectivity index (χ3n) is 3.29. The van der Waals surface area contributed by atoms with Gasteiger partial charge in [0.15, 0.2) is 0 Å². The number of hydrogen-bond acceptors (Lipinski definition) is 3. The van der Waals surface area contributed by atoms with Crippen LogP contribution >= 0.6 is 0 Å². The van der Waals surface area contributed by atoms with Crippen LogP contribution in [-0.4, -0.2) is 43.4 Å². The highest BCUT2D eigenvalue weighted by molar-refractivity contribution is 6.01. The summed E-state index contributed by atoms with van der Waals surface area (Å²) >= 11 is 0. The van der Waals surface area contributed by atoms with Gasteiger partial charge < -0.3 is 15.2 Å². The summed E-state index contributed by atoms with van der Waals surface area (Å²) in [6, 6.07) is 6.08. The number of hydrogen-bond donors (Lipinski definition) is 2. The number of carbonyl (C=O) groups excluding carboxylic acids is 1. The van der Waals surface area contributed by atoms with Crippen LogP contribution in [0.1, 0.15) is 23.2 Å². The normalized spacial score (nSPS) is 18.4. The van der Waals surface area contributed by atoms with Crippen LogP contribution in [0.4, 0.5) is 10.5 Å². The average molecular weight is 278 g/mol. The Morgan fingerprint density at radius 3 is 2.80 bits per heavy atom. The van der Waals surface area contributed by atoms with Crippen molar-refractivity contribution in [1.82, 2.24) is 5.32 Å². The van der Waals surface area contributed by atoms with Crippen molar-refractivity contribution in [3.63, 3.8) is 0 Å². The highest BCUT2D eigenvalue weighted by atomic mass is 16.5. The molecule has 1 unspecified atom stereocenters. The topological polar surface area (TPSA) is 78.9 Å². The summed E-state index contributed by atoms with van der Waals surface area (Å²) in [5.74, 6) is -1.05. The highest BCUT2D eigenvalue weighted by Crippen LogP contribution is 2.19. The summed E-state index contributed by atoms with van der Waals surface area (Å²) in [4.78, 5) is 24.6. The number of rotatable bonds is 3. The Balaban J connectivity index is 2.08. The zero-order valence-electron chi connectivity index (χ0n) is 11.3. The van der Waals surface area contributed by atoms with Crippen LogP contribution in [0.5, 0.6) is 0 Å². The molecule has 0 radical (unpaired) electrons. The molecule has 1 aromatic rings. The molecule has 1 aliphatic heterocycles. The molecule has 1 saturated heterocycles. The number of nitrogens with one attached hydrogen (secondary N) is 1. The Labute approximate surface area is 117 Å². The number of ether oxygens (including phenoxy) is 1. The van der Waals surface area contributed by atoms with Crippen molar-refractivity contribution in [2.75, 3.05) is 25.2 Å². The fourth-order valence-corrected chi connectivity index (χ4v) is 2.18. The largest absolute Gasteiger partial charge is 0.478 e. The van der Waals surface area contributed by atoms with E-state index in [0.29, 0.717) is 12.3 Å². The molecule has 1 fully saturated rings. The van der Waals surface area contributed by atoms with E-state index >= 15 is 0 Å². The molecule has 1 aromatic carbocycles. The number of carboxylic acids is 1. The summed E-state index contributed by atoms with van der Waals surface area (Å²) in [7, 11) is 1.56. The number of urea groups is 1. The van der Waals surface area contributed by atoms with Crippen LogP contribution in [0, 0.1) is 0 Å². The van der Waals surface area contributed by atoms with Gasteiger partial charge in [-0.25, -0.2) is 9.59 Å². The Morgan fingerprint density at radius 1 is 1.40 bits per heavy atom. The predicted octanol–water partition coefficient (Wildman–Crippen LogP) is 1.71. The molecule has 6 nitrogen and oxygen atoms in total. The minimum absolute atomic E-state index is 0.0179. The Hall–Kier alpha value is -2.08. The second kappa shape index (κ2) is 6.38. The van der Waals surface area contributed by atoms with Crippen molar-refractivity contribution < 1.29 is 19.4 Å². The standard InChI is InChI=1S/C14H18N2O4/c1-16(12-7-3-2-6-11(12)13(17)18)14(19)15-10-5-4-8-20-9-10/h2-3,6-7,10H,4-5,8-9H2,1H3,(H,15,19)(H,17,18). The second-order valence-corrected chi connectivity index (χ2v) is 4.74. The first-order valence-electron chi connectivity index (χ1n) is 6.54. The molecule has 108 valence electrons. The fourth-order valence-electron chi connectivity index (χ4n) is 2.18. The van der Waals surface area contributed by atoms with Gasteiger partial charge in [-0.2, -0.15) is 0 Å². The number of aromatic carboxylic acids is 1. The van der Waals surface area contributed by atoms with Crippen molar-refractivity contribution in [3.05, 3.63) is 29.8 Å². The van der Waals surface area contributed by atoms with Crippen molar-refractivity contribution in [2.45, 2.75) is 18.9 Å². The summed E-state index contributed by atoms with van der Waals surface area (Å²) in [6.07, 6.45) is 1.79. The van der Waals surface area contributed by atoms with E-state index in [-0.39, 0.29) is 17.6 Å². The molecule has 0 spiro atoms. The lowest BCUT2D eigenvalue weighted by molar-refractivity contribution is 0.0697. The quantitative estimate of drug-likeness (QED) is 0.882. The third-order valence-corrected chi connectivity index (χ3v) is 3.29. The summed E-state index contributed by atoms with van der Waals surface area (Å²) in [5.41, 5.74) is 0.472. The first kappa shape index (κ1) is 14.3. The number of carboxylic acid groups (broad SMARTS) is 1. The molecule has 2 rings (SSSR count). The van der Waals surface area contributed by atoms with Gasteiger partial charge in [-0.1, -0.05) is 12.1 Å². The van der Waals surface area contributed by atoms with E-state index in [2.05, 4.69) is 5.32 Å². The maximum absolute atomic E-state index is 12.2. The van der Waals surface area contributed by atoms with E-state index in [1.807, 2.05) is 0 Å². The van der Waals surface area contributed by atoms with Crippen molar-refractivity contribution >= 4 is 17.7 Å². The van der Waals surface area contributed by atoms with Gasteiger partial charge in [0.25, 0.3) is 0 Å². The molecule has 0 aliphatic carbocycles. The lowest BCUT2D eigenvalue weighted by atomic mass is 10.1. The lowest BCUT2D eigenvalue weighted by Gasteiger charge is -2.26. The van der Waals surface area contributed by atoms with Gasteiger partial charge in [-0.3, -0.25) is 4.90 Å². The number of benzene rings is 1. The molecule has 2 amide bonds. The molecular formula is C14H18N2O4. The molecule has 0 bridgehead atoms. The molecule has 6 heteroatoms. The van der Waals surface area contributed by atoms with E-state index in [4.69, 9.17) is 9.84 Å².